The van der Waals surface area contributed by atoms with E-state index >= 15 is 0 Å². The molecule has 0 spiro atoms. The largest absolute Gasteiger partial charge is 0.347 e. The van der Waals surface area contributed by atoms with Gasteiger partial charge in [-0.05, 0) is 45.4 Å². The fraction of sp³-hybridized carbons (Fsp3) is 0.692. The molecule has 2 aromatic rings. The first-order chi connectivity index (χ1) is 16.9. The van der Waals surface area contributed by atoms with Gasteiger partial charge in [0.25, 0.3) is 0 Å². The number of carbonyl (C=O) groups excluding carboxylic acids is 2. The number of hydrogen-bond acceptors (Lipinski definition) is 6. The number of imidazole rings is 1. The summed E-state index contributed by atoms with van der Waals surface area (Å²) in [5.41, 5.74) is 2.46. The van der Waals surface area contributed by atoms with Crippen molar-refractivity contribution in [2.45, 2.75) is 103 Å². The molecule has 4 atom stereocenters. The van der Waals surface area contributed by atoms with Crippen LogP contribution in [0.3, 0.4) is 0 Å². The molecule has 2 fully saturated rings. The van der Waals surface area contributed by atoms with E-state index in [1.54, 1.807) is 18.3 Å². The van der Waals surface area contributed by atoms with Crippen molar-refractivity contribution >= 4 is 23.2 Å². The average molecular weight is 499 g/mol. The lowest BCUT2D eigenvalue weighted by molar-refractivity contribution is -0.132. The summed E-state index contributed by atoms with van der Waals surface area (Å²) in [4.78, 5) is 38.3. The van der Waals surface area contributed by atoms with Gasteiger partial charge in [-0.15, -0.1) is 11.3 Å². The Morgan fingerprint density at radius 1 is 1.23 bits per heavy atom. The molecule has 3 aliphatic heterocycles. The lowest BCUT2D eigenvalue weighted by Gasteiger charge is -2.41. The number of hydrogen-bond donors (Lipinski definition) is 1. The van der Waals surface area contributed by atoms with Gasteiger partial charge in [-0.25, -0.2) is 9.97 Å². The van der Waals surface area contributed by atoms with E-state index in [1.807, 2.05) is 16.5 Å². The maximum absolute atomic E-state index is 12.4. The number of thiazole rings is 1. The molecule has 0 aliphatic carbocycles. The summed E-state index contributed by atoms with van der Waals surface area (Å²) in [7, 11) is 0. The molecule has 2 saturated heterocycles. The SMILES string of the molecule is CCCC(=O)N1CCc2c(nc(C)n2[C@H]2C[C@H]3CC[C@@H](C2)N3CC[C@H](NC(C)=O)c2nccs2)C1. The molecule has 0 aromatic carbocycles. The maximum atomic E-state index is 12.4. The van der Waals surface area contributed by atoms with Crippen LogP contribution >= 0.6 is 11.3 Å². The highest BCUT2D eigenvalue weighted by Crippen LogP contribution is 2.43. The quantitative estimate of drug-likeness (QED) is 0.599. The van der Waals surface area contributed by atoms with Crippen molar-refractivity contribution in [3.05, 3.63) is 33.8 Å². The minimum Gasteiger partial charge on any atom is -0.347 e. The van der Waals surface area contributed by atoms with Gasteiger partial charge >= 0.3 is 0 Å². The molecule has 0 unspecified atom stereocenters. The highest BCUT2D eigenvalue weighted by molar-refractivity contribution is 7.09. The summed E-state index contributed by atoms with van der Waals surface area (Å²) in [6.07, 6.45) is 9.95. The standard InChI is InChI=1S/C26H38N6O2S/c1-4-5-25(34)30-11-9-24-23(16-30)28-17(2)32(24)21-14-19-6-7-20(15-21)31(19)12-8-22(29-18(3)33)26-27-10-13-35-26/h10,13,19-22H,4-9,11-12,14-16H2,1-3H3,(H,29,33)/t19-,20+,21+,22-/m0/s1. The van der Waals surface area contributed by atoms with Gasteiger partial charge in [0.05, 0.1) is 18.3 Å². The lowest BCUT2D eigenvalue weighted by Crippen LogP contribution is -2.45. The molecule has 8 nitrogen and oxygen atoms in total. The third-order valence-electron chi connectivity index (χ3n) is 8.07. The van der Waals surface area contributed by atoms with Crippen LogP contribution in [-0.4, -0.2) is 61.3 Å². The zero-order chi connectivity index (χ0) is 24.5. The third-order valence-corrected chi connectivity index (χ3v) is 8.96. The number of aryl methyl sites for hydroxylation is 1. The summed E-state index contributed by atoms with van der Waals surface area (Å²) in [6.45, 7) is 8.24. The molecule has 5 rings (SSSR count). The second-order valence-electron chi connectivity index (χ2n) is 10.4. The Hall–Kier alpha value is -2.26. The first-order valence-corrected chi connectivity index (χ1v) is 14.1. The molecule has 190 valence electrons. The Morgan fingerprint density at radius 2 is 2.00 bits per heavy atom. The lowest BCUT2D eigenvalue weighted by atomic mass is 9.95. The fourth-order valence-electron chi connectivity index (χ4n) is 6.62. The third kappa shape index (κ3) is 5.03. The van der Waals surface area contributed by atoms with E-state index in [9.17, 15) is 9.59 Å². The van der Waals surface area contributed by atoms with E-state index in [2.05, 4.69) is 33.6 Å². The normalized spacial score (nSPS) is 24.9. The van der Waals surface area contributed by atoms with Gasteiger partial charge in [0, 0.05) is 68.3 Å². The van der Waals surface area contributed by atoms with Crippen LogP contribution < -0.4 is 5.32 Å². The molecule has 35 heavy (non-hydrogen) atoms. The number of piperidine rings is 1. The zero-order valence-electron chi connectivity index (χ0n) is 21.2. The van der Waals surface area contributed by atoms with Gasteiger partial charge in [0.15, 0.2) is 0 Å². The van der Waals surface area contributed by atoms with Crippen LogP contribution in [0.25, 0.3) is 0 Å². The minimum absolute atomic E-state index is 0.00203. The maximum Gasteiger partial charge on any atom is 0.222 e. The molecule has 2 bridgehead atoms. The van der Waals surface area contributed by atoms with Crippen molar-refractivity contribution in [3.8, 4) is 0 Å². The Labute approximate surface area is 212 Å². The molecule has 1 N–H and O–H groups in total. The summed E-state index contributed by atoms with van der Waals surface area (Å²) < 4.78 is 2.52. The molecule has 2 aromatic heterocycles. The number of fused-ring (bicyclic) bond motifs is 3. The van der Waals surface area contributed by atoms with Crippen molar-refractivity contribution in [3.63, 3.8) is 0 Å². The van der Waals surface area contributed by atoms with Gasteiger partial charge in [-0.1, -0.05) is 6.92 Å². The number of amides is 2. The van der Waals surface area contributed by atoms with Gasteiger partial charge in [-0.2, -0.15) is 0 Å². The second-order valence-corrected chi connectivity index (χ2v) is 11.3. The van der Waals surface area contributed by atoms with Crippen molar-refractivity contribution in [2.75, 3.05) is 13.1 Å². The summed E-state index contributed by atoms with van der Waals surface area (Å²) in [6, 6.07) is 1.64. The fourth-order valence-corrected chi connectivity index (χ4v) is 7.34. The van der Waals surface area contributed by atoms with Crippen LogP contribution in [-0.2, 0) is 22.6 Å². The zero-order valence-corrected chi connectivity index (χ0v) is 22.0. The Morgan fingerprint density at radius 3 is 2.66 bits per heavy atom. The first-order valence-electron chi connectivity index (χ1n) is 13.2. The Balaban J connectivity index is 1.25. The van der Waals surface area contributed by atoms with Crippen LogP contribution in [0.5, 0.6) is 0 Å². The average Bonchev–Trinajstić information content (AvgIpc) is 3.52. The van der Waals surface area contributed by atoms with Crippen molar-refractivity contribution in [1.82, 2.24) is 29.7 Å². The predicted octanol–water partition coefficient (Wildman–Crippen LogP) is 3.77. The molecule has 0 saturated carbocycles. The van der Waals surface area contributed by atoms with Crippen molar-refractivity contribution in [1.29, 1.82) is 0 Å². The summed E-state index contributed by atoms with van der Waals surface area (Å²) in [5, 5.41) is 6.08. The number of nitrogens with one attached hydrogen (secondary N) is 1. The topological polar surface area (TPSA) is 83.4 Å². The van der Waals surface area contributed by atoms with Crippen LogP contribution in [0.1, 0.15) is 93.1 Å². The smallest absolute Gasteiger partial charge is 0.222 e. The number of aromatic nitrogens is 3. The van der Waals surface area contributed by atoms with Crippen LogP contribution in [0.4, 0.5) is 0 Å². The number of carbonyl (C=O) groups is 2. The minimum atomic E-state index is -0.00843. The van der Waals surface area contributed by atoms with E-state index in [0.29, 0.717) is 31.1 Å². The summed E-state index contributed by atoms with van der Waals surface area (Å²) >= 11 is 1.62. The van der Waals surface area contributed by atoms with Crippen LogP contribution in [0.2, 0.25) is 0 Å². The molecule has 2 amide bonds. The molecule has 9 heteroatoms. The number of rotatable bonds is 8. The van der Waals surface area contributed by atoms with E-state index in [-0.39, 0.29) is 17.9 Å². The van der Waals surface area contributed by atoms with Crippen LogP contribution in [0.15, 0.2) is 11.6 Å². The molecule has 0 radical (unpaired) electrons. The van der Waals surface area contributed by atoms with Gasteiger partial charge in [0.1, 0.15) is 10.8 Å². The summed E-state index contributed by atoms with van der Waals surface area (Å²) in [5.74, 6) is 1.36. The monoisotopic (exact) mass is 498 g/mol. The molecular formula is C26H38N6O2S. The predicted molar refractivity (Wildman–Crippen MR) is 136 cm³/mol. The van der Waals surface area contributed by atoms with Gasteiger partial charge in [0.2, 0.25) is 11.8 Å². The van der Waals surface area contributed by atoms with E-state index in [0.717, 1.165) is 61.7 Å². The van der Waals surface area contributed by atoms with Gasteiger partial charge in [-0.3, -0.25) is 14.5 Å². The Bertz CT molecular complexity index is 1040. The highest BCUT2D eigenvalue weighted by atomic mass is 32.1. The van der Waals surface area contributed by atoms with Crippen molar-refractivity contribution in [2.24, 2.45) is 0 Å². The van der Waals surface area contributed by atoms with E-state index in [4.69, 9.17) is 4.98 Å². The highest BCUT2D eigenvalue weighted by Gasteiger charge is 2.42. The van der Waals surface area contributed by atoms with E-state index in [1.165, 1.54) is 18.5 Å². The first kappa shape index (κ1) is 24.4. The molecule has 3 aliphatic rings. The Kier molecular flexibility index (Phi) is 7.25. The number of nitrogens with zero attached hydrogens (tertiary/aromatic N) is 5. The van der Waals surface area contributed by atoms with Gasteiger partial charge < -0.3 is 14.8 Å². The molecular weight excluding hydrogens is 460 g/mol. The van der Waals surface area contributed by atoms with Crippen LogP contribution in [0, 0.1) is 6.92 Å². The molecule has 5 heterocycles. The van der Waals surface area contributed by atoms with Crippen molar-refractivity contribution < 1.29 is 9.59 Å². The van der Waals surface area contributed by atoms with E-state index < -0.39 is 0 Å². The second kappa shape index (κ2) is 10.4.